The van der Waals surface area contributed by atoms with Gasteiger partial charge in [0.15, 0.2) is 5.82 Å². The Kier molecular flexibility index (Phi) is 8.99. The third-order valence-electron chi connectivity index (χ3n) is 12.2. The quantitative estimate of drug-likeness (QED) is 0.231. The van der Waals surface area contributed by atoms with Crippen molar-refractivity contribution in [2.45, 2.75) is 95.9 Å². The molecule has 53 heavy (non-hydrogen) atoms. The van der Waals surface area contributed by atoms with E-state index in [1.807, 2.05) is 47.3 Å². The van der Waals surface area contributed by atoms with Crippen LogP contribution in [0.15, 0.2) is 48.8 Å². The molecule has 11 nitrogen and oxygen atoms in total. The summed E-state index contributed by atoms with van der Waals surface area (Å²) < 4.78 is 16.4. The zero-order valence-electron chi connectivity index (χ0n) is 31.3. The number of nitrogens with one attached hydrogen (secondary N) is 2. The van der Waals surface area contributed by atoms with Crippen LogP contribution in [0.1, 0.15) is 86.8 Å². The van der Waals surface area contributed by atoms with Crippen molar-refractivity contribution >= 4 is 45.9 Å². The first-order chi connectivity index (χ1) is 25.5. The van der Waals surface area contributed by atoms with Crippen LogP contribution < -0.4 is 15.5 Å². The second kappa shape index (κ2) is 13.5. The lowest BCUT2D eigenvalue weighted by Crippen LogP contribution is -2.59. The second-order valence-electron chi connectivity index (χ2n) is 15.7. The molecule has 2 saturated heterocycles. The number of nitrogens with zero attached hydrogens (tertiary/aromatic N) is 6. The zero-order valence-corrected chi connectivity index (χ0v) is 31.3. The summed E-state index contributed by atoms with van der Waals surface area (Å²) in [4.78, 5) is 55.8. The third kappa shape index (κ3) is 6.04. The molecule has 2 aromatic carbocycles. The average Bonchev–Trinajstić information content (AvgIpc) is 3.66. The Hall–Kier alpha value is -4.84. The molecule has 1 aliphatic carbocycles. The van der Waals surface area contributed by atoms with Crippen molar-refractivity contribution in [2.75, 3.05) is 43.4 Å². The van der Waals surface area contributed by atoms with Gasteiger partial charge in [-0.25, -0.2) is 14.4 Å². The van der Waals surface area contributed by atoms with Gasteiger partial charge in [0.25, 0.3) is 5.91 Å². The minimum Gasteiger partial charge on any atom is -0.355 e. The van der Waals surface area contributed by atoms with Crippen LogP contribution in [0.25, 0.3) is 22.3 Å². The SMILES string of the molecule is CNC(=O)c1cc(Nc2nc(-c3ccc4c(c3)N(C3CC(N5CCCC(F)C5)C3)C(=O)C43CCN(C(C)=O)CC3)cc3ncn(C(C)C)c23)ccc1C. The average molecular weight is 721 g/mol. The zero-order chi connectivity index (χ0) is 37.2. The largest absolute Gasteiger partial charge is 0.355 e. The summed E-state index contributed by atoms with van der Waals surface area (Å²) in [6.45, 7) is 10.2. The standard InChI is InChI=1S/C41H49FN8O3/c1-24(2)49-23-44-35-21-34(46-38(37(35)49)45-29-10-8-25(3)32(18-29)39(52)43-5)27-9-11-33-36(17-27)50(31-19-30(20-31)48-14-6-7-28(42)22-48)40(53)41(33)12-15-47(16-13-41)26(4)51/h8-11,17-18,21,23-24,28,30-31H,6-7,12-16,19-20,22H2,1-5H3,(H,43,52)(H,45,46). The minimum atomic E-state index is -0.783. The van der Waals surface area contributed by atoms with Gasteiger partial charge in [-0.15, -0.1) is 0 Å². The number of aromatic nitrogens is 3. The molecular weight excluding hydrogens is 672 g/mol. The molecule has 12 heteroatoms. The van der Waals surface area contributed by atoms with Crippen LogP contribution in [0.5, 0.6) is 0 Å². The van der Waals surface area contributed by atoms with Crippen LogP contribution in [0.4, 0.5) is 21.6 Å². The maximum absolute atomic E-state index is 14.7. The van der Waals surface area contributed by atoms with Crippen LogP contribution in [-0.4, -0.2) is 93.5 Å². The Morgan fingerprint density at radius 1 is 1.02 bits per heavy atom. The normalized spacial score (nSPS) is 22.7. The topological polar surface area (TPSA) is 116 Å². The molecule has 1 spiro atoms. The lowest BCUT2D eigenvalue weighted by molar-refractivity contribution is -0.134. The summed E-state index contributed by atoms with van der Waals surface area (Å²) in [7, 11) is 1.62. The number of hydrogen-bond acceptors (Lipinski definition) is 7. The fourth-order valence-electron chi connectivity index (χ4n) is 9.05. The number of aryl methyl sites for hydroxylation is 1. The van der Waals surface area contributed by atoms with E-state index in [2.05, 4.69) is 52.1 Å². The summed E-state index contributed by atoms with van der Waals surface area (Å²) in [5.41, 5.74) is 6.64. The maximum atomic E-state index is 14.7. The molecule has 1 atom stereocenters. The highest BCUT2D eigenvalue weighted by Crippen LogP contribution is 2.52. The van der Waals surface area contributed by atoms with Crippen molar-refractivity contribution in [3.05, 3.63) is 65.5 Å². The van der Waals surface area contributed by atoms with Crippen molar-refractivity contribution in [2.24, 2.45) is 0 Å². The number of benzene rings is 2. The van der Waals surface area contributed by atoms with Crippen molar-refractivity contribution in [3.8, 4) is 11.3 Å². The van der Waals surface area contributed by atoms with Gasteiger partial charge in [0, 0.05) is 74.2 Å². The summed E-state index contributed by atoms with van der Waals surface area (Å²) in [6.07, 6.45) is 5.35. The first kappa shape index (κ1) is 35.2. The number of rotatable bonds is 7. The molecule has 0 radical (unpaired) electrons. The van der Waals surface area contributed by atoms with E-state index >= 15 is 0 Å². The highest BCUT2D eigenvalue weighted by Gasteiger charge is 2.55. The van der Waals surface area contributed by atoms with Gasteiger partial charge in [0.1, 0.15) is 11.7 Å². The lowest BCUT2D eigenvalue weighted by atomic mass is 9.73. The van der Waals surface area contributed by atoms with Crippen LogP contribution in [-0.2, 0) is 15.0 Å². The third-order valence-corrected chi connectivity index (χ3v) is 12.2. The van der Waals surface area contributed by atoms with Gasteiger partial charge < -0.3 is 25.0 Å². The molecule has 3 amide bonds. The smallest absolute Gasteiger partial charge is 0.251 e. The molecular formula is C41H49FN8O3. The summed E-state index contributed by atoms with van der Waals surface area (Å²) in [6, 6.07) is 14.4. The van der Waals surface area contributed by atoms with Gasteiger partial charge in [-0.1, -0.05) is 18.2 Å². The molecule has 4 aliphatic rings. The van der Waals surface area contributed by atoms with E-state index in [4.69, 9.17) is 9.97 Å². The molecule has 1 saturated carbocycles. The fourth-order valence-corrected chi connectivity index (χ4v) is 9.05. The highest BCUT2D eigenvalue weighted by atomic mass is 19.1. The molecule has 2 N–H and O–H groups in total. The van der Waals surface area contributed by atoms with E-state index in [1.54, 1.807) is 14.0 Å². The van der Waals surface area contributed by atoms with E-state index in [9.17, 15) is 18.8 Å². The van der Waals surface area contributed by atoms with Gasteiger partial charge in [-0.2, -0.15) is 0 Å². The number of hydrogen-bond donors (Lipinski definition) is 2. The van der Waals surface area contributed by atoms with Gasteiger partial charge in [0.2, 0.25) is 11.8 Å². The predicted octanol–water partition coefficient (Wildman–Crippen LogP) is 6.28. The number of imidazole rings is 1. The molecule has 3 aliphatic heterocycles. The molecule has 278 valence electrons. The number of anilines is 3. The second-order valence-corrected chi connectivity index (χ2v) is 15.7. The van der Waals surface area contributed by atoms with Gasteiger partial charge in [-0.3, -0.25) is 19.3 Å². The molecule has 0 bridgehead atoms. The number of likely N-dealkylation sites (tertiary alicyclic amines) is 2. The Labute approximate surface area is 309 Å². The number of carbonyl (C=O) groups is 3. The van der Waals surface area contributed by atoms with Crippen LogP contribution in [0.3, 0.4) is 0 Å². The number of carbonyl (C=O) groups excluding carboxylic acids is 3. The molecule has 5 heterocycles. The van der Waals surface area contributed by atoms with E-state index in [-0.39, 0.29) is 35.8 Å². The summed E-state index contributed by atoms with van der Waals surface area (Å²) in [5.74, 6) is 0.610. The number of amides is 3. The van der Waals surface area contributed by atoms with Crippen molar-refractivity contribution in [3.63, 3.8) is 0 Å². The lowest BCUT2D eigenvalue weighted by Gasteiger charge is -2.48. The van der Waals surface area contributed by atoms with Crippen molar-refractivity contribution in [1.82, 2.24) is 29.7 Å². The van der Waals surface area contributed by atoms with E-state index < -0.39 is 11.6 Å². The van der Waals surface area contributed by atoms with E-state index in [1.165, 1.54) is 0 Å². The van der Waals surface area contributed by atoms with Crippen LogP contribution in [0, 0.1) is 6.92 Å². The summed E-state index contributed by atoms with van der Waals surface area (Å²) >= 11 is 0. The highest BCUT2D eigenvalue weighted by molar-refractivity contribution is 6.09. The Balaban J connectivity index is 1.18. The minimum absolute atomic E-state index is 0.0251. The number of fused-ring (bicyclic) bond motifs is 3. The molecule has 1 unspecified atom stereocenters. The number of alkyl halides is 1. The van der Waals surface area contributed by atoms with Crippen LogP contribution in [0.2, 0.25) is 0 Å². The van der Waals surface area contributed by atoms with Crippen molar-refractivity contribution in [1.29, 1.82) is 0 Å². The van der Waals surface area contributed by atoms with E-state index in [0.29, 0.717) is 56.0 Å². The molecule has 8 rings (SSSR count). The van der Waals surface area contributed by atoms with Crippen molar-refractivity contribution < 1.29 is 18.8 Å². The Bertz CT molecular complexity index is 2100. The molecule has 2 aromatic heterocycles. The Morgan fingerprint density at radius 3 is 2.49 bits per heavy atom. The first-order valence-corrected chi connectivity index (χ1v) is 19.1. The Morgan fingerprint density at radius 2 is 1.79 bits per heavy atom. The van der Waals surface area contributed by atoms with Gasteiger partial charge >= 0.3 is 0 Å². The summed E-state index contributed by atoms with van der Waals surface area (Å²) in [5, 5.41) is 6.24. The first-order valence-electron chi connectivity index (χ1n) is 19.1. The van der Waals surface area contributed by atoms with E-state index in [0.717, 1.165) is 64.9 Å². The number of pyridine rings is 1. The van der Waals surface area contributed by atoms with Crippen LogP contribution >= 0.6 is 0 Å². The maximum Gasteiger partial charge on any atom is 0.251 e. The van der Waals surface area contributed by atoms with Gasteiger partial charge in [0.05, 0.1) is 23.0 Å². The number of piperidine rings is 2. The number of halogens is 1. The van der Waals surface area contributed by atoms with Gasteiger partial charge in [-0.05, 0) is 101 Å². The molecule has 3 fully saturated rings. The molecule has 4 aromatic rings. The monoisotopic (exact) mass is 720 g/mol. The fraction of sp³-hybridized carbons (Fsp3) is 0.488. The predicted molar refractivity (Wildman–Crippen MR) is 204 cm³/mol.